The van der Waals surface area contributed by atoms with Gasteiger partial charge in [-0.3, -0.25) is 9.78 Å². The number of nitrogens with zero attached hydrogens (tertiary/aromatic N) is 2. The first kappa shape index (κ1) is 19.0. The number of hydrogen-bond acceptors (Lipinski definition) is 4. The van der Waals surface area contributed by atoms with Crippen molar-refractivity contribution in [2.24, 2.45) is 0 Å². The molecule has 29 heavy (non-hydrogen) atoms. The topological polar surface area (TPSA) is 54.5 Å². The second-order valence-electron chi connectivity index (χ2n) is 7.23. The molecule has 1 aliphatic heterocycles. The molecule has 0 radical (unpaired) electrons. The lowest BCUT2D eigenvalue weighted by atomic mass is 9.99. The Morgan fingerprint density at radius 3 is 2.69 bits per heavy atom. The van der Waals surface area contributed by atoms with E-state index in [0.717, 1.165) is 42.9 Å². The zero-order chi connectivity index (χ0) is 20.1. The van der Waals surface area contributed by atoms with Crippen LogP contribution in [0.2, 0.25) is 0 Å². The van der Waals surface area contributed by atoms with Gasteiger partial charge < -0.3 is 15.0 Å². The number of amides is 1. The molecule has 3 aromatic rings. The lowest BCUT2D eigenvalue weighted by molar-refractivity contribution is 0.0954. The summed E-state index contributed by atoms with van der Waals surface area (Å²) in [7, 11) is 1.65. The van der Waals surface area contributed by atoms with Gasteiger partial charge in [-0.15, -0.1) is 0 Å². The second kappa shape index (κ2) is 8.78. The van der Waals surface area contributed by atoms with Crippen molar-refractivity contribution in [1.29, 1.82) is 0 Å². The van der Waals surface area contributed by atoms with Crippen LogP contribution in [0.5, 0.6) is 5.75 Å². The number of pyridine rings is 1. The third-order valence-electron chi connectivity index (χ3n) is 5.34. The van der Waals surface area contributed by atoms with Gasteiger partial charge in [0.2, 0.25) is 0 Å². The molecule has 2 aromatic carbocycles. The standard InChI is InChI=1S/C24H25N3O2/c1-29-23-8-6-18(7-9-23)10-12-26-24(28)21-14-22(16-25-15-21)27-13-11-19-4-2-3-5-20(19)17-27/h2-9,14-16H,10-13,17H2,1H3,(H,26,28). The van der Waals surface area contributed by atoms with Crippen LogP contribution in [0.4, 0.5) is 5.69 Å². The molecule has 0 fully saturated rings. The number of nitrogens with one attached hydrogen (secondary N) is 1. The Hall–Kier alpha value is -3.34. The maximum absolute atomic E-state index is 12.6. The molecular weight excluding hydrogens is 362 g/mol. The molecule has 1 aliphatic rings. The first-order chi connectivity index (χ1) is 14.2. The number of rotatable bonds is 6. The van der Waals surface area contributed by atoms with E-state index in [1.54, 1.807) is 13.3 Å². The van der Waals surface area contributed by atoms with Gasteiger partial charge in [0.05, 0.1) is 24.6 Å². The molecule has 5 heteroatoms. The van der Waals surface area contributed by atoms with Crippen LogP contribution < -0.4 is 15.0 Å². The summed E-state index contributed by atoms with van der Waals surface area (Å²) in [4.78, 5) is 19.2. The van der Waals surface area contributed by atoms with Crippen LogP contribution in [0.15, 0.2) is 67.0 Å². The van der Waals surface area contributed by atoms with Gasteiger partial charge in [0.1, 0.15) is 5.75 Å². The average molecular weight is 387 g/mol. The predicted octanol–water partition coefficient (Wildman–Crippen LogP) is 3.63. The lowest BCUT2D eigenvalue weighted by Crippen LogP contribution is -2.31. The van der Waals surface area contributed by atoms with Crippen molar-refractivity contribution in [2.45, 2.75) is 19.4 Å². The summed E-state index contributed by atoms with van der Waals surface area (Å²) in [5.41, 5.74) is 5.49. The molecule has 0 spiro atoms. The fourth-order valence-electron chi connectivity index (χ4n) is 3.66. The van der Waals surface area contributed by atoms with Gasteiger partial charge in [0, 0.05) is 25.8 Å². The maximum atomic E-state index is 12.6. The molecule has 0 atom stereocenters. The molecule has 1 amide bonds. The summed E-state index contributed by atoms with van der Waals surface area (Å²) in [6, 6.07) is 18.4. The average Bonchev–Trinajstić information content (AvgIpc) is 2.79. The molecule has 2 heterocycles. The van der Waals surface area contributed by atoms with E-state index in [9.17, 15) is 4.79 Å². The van der Waals surface area contributed by atoms with E-state index in [4.69, 9.17) is 4.74 Å². The molecule has 0 saturated carbocycles. The molecule has 1 N–H and O–H groups in total. The van der Waals surface area contributed by atoms with Crippen LogP contribution in [0.3, 0.4) is 0 Å². The third-order valence-corrected chi connectivity index (χ3v) is 5.34. The van der Waals surface area contributed by atoms with Gasteiger partial charge in [-0.2, -0.15) is 0 Å². The number of methoxy groups -OCH3 is 1. The highest BCUT2D eigenvalue weighted by molar-refractivity contribution is 5.94. The van der Waals surface area contributed by atoms with Crippen molar-refractivity contribution in [1.82, 2.24) is 10.3 Å². The van der Waals surface area contributed by atoms with Crippen LogP contribution in [0, 0.1) is 0 Å². The van der Waals surface area contributed by atoms with E-state index >= 15 is 0 Å². The van der Waals surface area contributed by atoms with Crippen LogP contribution in [-0.4, -0.2) is 31.1 Å². The highest BCUT2D eigenvalue weighted by Crippen LogP contribution is 2.24. The van der Waals surface area contributed by atoms with Crippen molar-refractivity contribution in [3.63, 3.8) is 0 Å². The molecule has 1 aromatic heterocycles. The Labute approximate surface area is 171 Å². The van der Waals surface area contributed by atoms with Crippen LogP contribution in [0.1, 0.15) is 27.0 Å². The number of anilines is 1. The molecule has 4 rings (SSSR count). The molecule has 148 valence electrons. The van der Waals surface area contributed by atoms with Crippen molar-refractivity contribution in [3.05, 3.63) is 89.2 Å². The van der Waals surface area contributed by atoms with E-state index in [1.807, 2.05) is 36.5 Å². The number of fused-ring (bicyclic) bond motifs is 1. The van der Waals surface area contributed by atoms with Gasteiger partial charge in [0.15, 0.2) is 0 Å². The number of aromatic nitrogens is 1. The fourth-order valence-corrected chi connectivity index (χ4v) is 3.66. The van der Waals surface area contributed by atoms with Crippen molar-refractivity contribution in [2.75, 3.05) is 25.1 Å². The van der Waals surface area contributed by atoms with E-state index in [-0.39, 0.29) is 5.91 Å². The zero-order valence-electron chi connectivity index (χ0n) is 16.6. The van der Waals surface area contributed by atoms with Crippen molar-refractivity contribution in [3.8, 4) is 5.75 Å². The SMILES string of the molecule is COc1ccc(CCNC(=O)c2cncc(N3CCc4ccccc4C3)c2)cc1. The summed E-state index contributed by atoms with van der Waals surface area (Å²) in [6.45, 7) is 2.36. The van der Waals surface area contributed by atoms with E-state index in [0.29, 0.717) is 12.1 Å². The normalized spacial score (nSPS) is 12.9. The van der Waals surface area contributed by atoms with Gasteiger partial charge in [-0.25, -0.2) is 0 Å². The summed E-state index contributed by atoms with van der Waals surface area (Å²) >= 11 is 0. The molecule has 0 saturated heterocycles. The second-order valence-corrected chi connectivity index (χ2v) is 7.23. The Bertz CT molecular complexity index is 985. The monoisotopic (exact) mass is 387 g/mol. The number of benzene rings is 2. The minimum absolute atomic E-state index is 0.0923. The summed E-state index contributed by atoms with van der Waals surface area (Å²) in [5, 5.41) is 2.99. The molecular formula is C24H25N3O2. The number of hydrogen-bond donors (Lipinski definition) is 1. The molecule has 0 bridgehead atoms. The quantitative estimate of drug-likeness (QED) is 0.702. The van der Waals surface area contributed by atoms with Crippen molar-refractivity contribution >= 4 is 11.6 Å². The summed E-state index contributed by atoms with van der Waals surface area (Å²) < 4.78 is 5.17. The minimum Gasteiger partial charge on any atom is -0.497 e. The molecule has 5 nitrogen and oxygen atoms in total. The first-order valence-electron chi connectivity index (χ1n) is 9.91. The predicted molar refractivity (Wildman–Crippen MR) is 114 cm³/mol. The largest absolute Gasteiger partial charge is 0.497 e. The number of carbonyl (C=O) groups excluding carboxylic acids is 1. The molecule has 0 unspecified atom stereocenters. The van der Waals surface area contributed by atoms with E-state index in [1.165, 1.54) is 11.1 Å². The Morgan fingerprint density at radius 2 is 1.90 bits per heavy atom. The first-order valence-corrected chi connectivity index (χ1v) is 9.91. The minimum atomic E-state index is -0.0923. The third kappa shape index (κ3) is 4.57. The highest BCUT2D eigenvalue weighted by Gasteiger charge is 2.17. The van der Waals surface area contributed by atoms with Crippen LogP contribution >= 0.6 is 0 Å². The summed E-state index contributed by atoms with van der Waals surface area (Å²) in [5.74, 6) is 0.742. The zero-order valence-corrected chi connectivity index (χ0v) is 16.6. The highest BCUT2D eigenvalue weighted by atomic mass is 16.5. The Morgan fingerprint density at radius 1 is 1.10 bits per heavy atom. The van der Waals surface area contributed by atoms with E-state index in [2.05, 4.69) is 39.5 Å². The lowest BCUT2D eigenvalue weighted by Gasteiger charge is -2.30. The Balaban J connectivity index is 1.36. The van der Waals surface area contributed by atoms with Gasteiger partial charge in [-0.1, -0.05) is 36.4 Å². The smallest absolute Gasteiger partial charge is 0.252 e. The fraction of sp³-hybridized carbons (Fsp3) is 0.250. The van der Waals surface area contributed by atoms with Crippen molar-refractivity contribution < 1.29 is 9.53 Å². The summed E-state index contributed by atoms with van der Waals surface area (Å²) in [6.07, 6.45) is 5.24. The van der Waals surface area contributed by atoms with Gasteiger partial charge in [0.25, 0.3) is 5.91 Å². The Kier molecular flexibility index (Phi) is 5.75. The van der Waals surface area contributed by atoms with Crippen LogP contribution in [0.25, 0.3) is 0 Å². The maximum Gasteiger partial charge on any atom is 0.252 e. The molecule has 0 aliphatic carbocycles. The van der Waals surface area contributed by atoms with E-state index < -0.39 is 0 Å². The van der Waals surface area contributed by atoms with Gasteiger partial charge in [-0.05, 0) is 47.7 Å². The van der Waals surface area contributed by atoms with Crippen LogP contribution in [-0.2, 0) is 19.4 Å². The van der Waals surface area contributed by atoms with Gasteiger partial charge >= 0.3 is 0 Å². The number of ether oxygens (including phenoxy) is 1. The number of carbonyl (C=O) groups is 1.